The predicted octanol–water partition coefficient (Wildman–Crippen LogP) is 13.2. The number of nitrogens with zero attached hydrogens (tertiary/aromatic N) is 2. The fraction of sp³-hybridized carbons (Fsp3) is 0.0161. The molecule has 0 radical (unpaired) electrons. The van der Waals surface area contributed by atoms with E-state index in [9.17, 15) is 0 Å². The van der Waals surface area contributed by atoms with Gasteiger partial charge in [-0.2, -0.15) is 0 Å². The number of benzene rings is 11. The number of hydrogen-bond donors (Lipinski definition) is 0. The Morgan fingerprint density at radius 2 is 0.892 bits per heavy atom. The van der Waals surface area contributed by atoms with E-state index in [0.29, 0.717) is 0 Å². The molecule has 306 valence electrons. The van der Waals surface area contributed by atoms with Crippen LogP contribution in [-0.2, 0) is 0 Å². The van der Waals surface area contributed by atoms with Gasteiger partial charge >= 0.3 is 0 Å². The number of aromatic nitrogens is 2. The molecule has 0 fully saturated rings. The van der Waals surface area contributed by atoms with Gasteiger partial charge in [0, 0.05) is 11.3 Å². The molecule has 12 aromatic rings. The van der Waals surface area contributed by atoms with Gasteiger partial charge < -0.3 is 0 Å². The number of imidazole rings is 1. The van der Waals surface area contributed by atoms with Crippen molar-refractivity contribution >= 4 is 72.2 Å². The molecule has 12 rings (SSSR count). The highest BCUT2D eigenvalue weighted by molar-refractivity contribution is 7.22. The molecular weight excluding hydrogens is 801 g/mol. The zero-order valence-electron chi connectivity index (χ0n) is 36.1. The summed E-state index contributed by atoms with van der Waals surface area (Å²) in [5, 5.41) is 13.2. The van der Waals surface area contributed by atoms with Gasteiger partial charge in [0.25, 0.3) is 0 Å². The smallest absolute Gasteiger partial charge is 0.181 e. The predicted molar refractivity (Wildman–Crippen MR) is 278 cm³/mol. The molecule has 1 heterocycles. The van der Waals surface area contributed by atoms with Crippen LogP contribution in [0.15, 0.2) is 249 Å². The van der Waals surface area contributed by atoms with Crippen LogP contribution in [0, 0.1) is 6.92 Å². The van der Waals surface area contributed by atoms with Gasteiger partial charge in [0.05, 0.1) is 11.0 Å². The average Bonchev–Trinajstić information content (AvgIpc) is 3.78. The van der Waals surface area contributed by atoms with Crippen LogP contribution in [0.4, 0.5) is 0 Å². The second-order valence-electron chi connectivity index (χ2n) is 17.1. The van der Waals surface area contributed by atoms with Crippen molar-refractivity contribution in [2.24, 2.45) is 0 Å². The lowest BCUT2D eigenvalue weighted by Crippen LogP contribution is -2.75. The first-order chi connectivity index (χ1) is 32.2. The van der Waals surface area contributed by atoms with E-state index in [2.05, 4.69) is 260 Å². The second-order valence-corrected chi connectivity index (χ2v) is 20.8. The van der Waals surface area contributed by atoms with Crippen LogP contribution >= 0.6 is 0 Å². The Kier molecular flexibility index (Phi) is 9.43. The lowest BCUT2D eigenvalue weighted by atomic mass is 9.91. The molecule has 11 aromatic carbocycles. The first-order valence-corrected chi connectivity index (χ1v) is 24.5. The Labute approximate surface area is 380 Å². The molecule has 1 aromatic heterocycles. The van der Waals surface area contributed by atoms with Crippen LogP contribution in [0.1, 0.15) is 5.56 Å². The third kappa shape index (κ3) is 6.27. The third-order valence-electron chi connectivity index (χ3n) is 13.4. The molecule has 0 amide bonds. The maximum absolute atomic E-state index is 5.21. The van der Waals surface area contributed by atoms with Gasteiger partial charge in [-0.1, -0.05) is 231 Å². The zero-order valence-corrected chi connectivity index (χ0v) is 37.1. The summed E-state index contributed by atoms with van der Waals surface area (Å²) >= 11 is 0. The number of fused-ring (bicyclic) bond motifs is 4. The van der Waals surface area contributed by atoms with E-state index in [1.54, 1.807) is 0 Å². The molecule has 3 heteroatoms. The minimum atomic E-state index is -3.05. The normalized spacial score (nSPS) is 11.8. The minimum absolute atomic E-state index is 0.941. The van der Waals surface area contributed by atoms with E-state index < -0.39 is 8.07 Å². The highest BCUT2D eigenvalue weighted by Gasteiger charge is 2.45. The molecule has 0 saturated heterocycles. The lowest BCUT2D eigenvalue weighted by molar-refractivity contribution is 1.10. The monoisotopic (exact) mass is 844 g/mol. The van der Waals surface area contributed by atoms with Crippen molar-refractivity contribution in [3.63, 3.8) is 0 Å². The van der Waals surface area contributed by atoms with E-state index >= 15 is 0 Å². The first-order valence-electron chi connectivity index (χ1n) is 22.5. The fourth-order valence-electron chi connectivity index (χ4n) is 10.6. The van der Waals surface area contributed by atoms with Crippen LogP contribution in [0.2, 0.25) is 0 Å². The number of aryl methyl sites for hydroxylation is 1. The topological polar surface area (TPSA) is 17.8 Å². The molecular formula is C62H44N2Si. The maximum Gasteiger partial charge on any atom is 0.181 e. The van der Waals surface area contributed by atoms with Gasteiger partial charge in [-0.3, -0.25) is 4.57 Å². The van der Waals surface area contributed by atoms with Crippen LogP contribution < -0.4 is 20.7 Å². The Morgan fingerprint density at radius 1 is 0.385 bits per heavy atom. The molecule has 0 aliphatic heterocycles. The number of hydrogen-bond acceptors (Lipinski definition) is 1. The molecule has 0 aliphatic rings. The average molecular weight is 845 g/mol. The molecule has 0 bridgehead atoms. The van der Waals surface area contributed by atoms with Crippen molar-refractivity contribution in [1.82, 2.24) is 9.55 Å². The third-order valence-corrected chi connectivity index (χ3v) is 18.4. The minimum Gasteiger partial charge on any atom is -0.292 e. The largest absolute Gasteiger partial charge is 0.292 e. The summed E-state index contributed by atoms with van der Waals surface area (Å²) in [6, 6.07) is 92.0. The van der Waals surface area contributed by atoms with E-state index in [-0.39, 0.29) is 0 Å². The van der Waals surface area contributed by atoms with Crippen LogP contribution in [0.25, 0.3) is 82.7 Å². The van der Waals surface area contributed by atoms with Gasteiger partial charge in [0.15, 0.2) is 8.07 Å². The molecule has 2 nitrogen and oxygen atoms in total. The quantitative estimate of drug-likeness (QED) is 0.0846. The lowest BCUT2D eigenvalue weighted by Gasteiger charge is -2.37. The SMILES string of the molecule is Cc1cccc2c1nc(-c1ccccc1)n2-c1cccc(-c2ccc(-c3c4ccccc4c([Si](c4ccccc4)(c4ccccc4)c4cccc5ccccc45)c4ccccc34)cc2)c1. The number of para-hydroxylation sites is 1. The maximum atomic E-state index is 5.21. The van der Waals surface area contributed by atoms with Crippen LogP contribution in [-0.4, -0.2) is 17.6 Å². The van der Waals surface area contributed by atoms with Crippen molar-refractivity contribution in [1.29, 1.82) is 0 Å². The molecule has 0 saturated carbocycles. The Bertz CT molecular complexity index is 3600. The summed E-state index contributed by atoms with van der Waals surface area (Å²) in [7, 11) is -3.05. The van der Waals surface area contributed by atoms with Crippen molar-refractivity contribution in [2.45, 2.75) is 6.92 Å². The standard InChI is InChI=1S/C62H44N2Si/c1-43-20-17-36-57-60(43)63-62(47-22-5-2-6-23-47)64(57)49-26-18-25-48(42-49)44-38-40-46(41-39-44)59-53-32-13-15-34-55(53)61(56-35-16-14-33-54(56)59)65(50-27-7-3-8-28-50,51-29-9-4-10-30-51)58-37-19-24-45-21-11-12-31-52(45)58/h2-42H,1H3. The van der Waals surface area contributed by atoms with Crippen molar-refractivity contribution in [2.75, 3.05) is 0 Å². The summed E-state index contributed by atoms with van der Waals surface area (Å²) in [6.45, 7) is 2.14. The van der Waals surface area contributed by atoms with E-state index in [1.165, 1.54) is 75.3 Å². The van der Waals surface area contributed by atoms with E-state index in [0.717, 1.165) is 33.7 Å². The van der Waals surface area contributed by atoms with Gasteiger partial charge in [-0.25, -0.2) is 4.98 Å². The highest BCUT2D eigenvalue weighted by atomic mass is 28.3. The molecule has 0 unspecified atom stereocenters. The summed E-state index contributed by atoms with van der Waals surface area (Å²) in [4.78, 5) is 5.21. The molecule has 0 aliphatic carbocycles. The van der Waals surface area contributed by atoms with Gasteiger partial charge in [-0.05, 0) is 106 Å². The second kappa shape index (κ2) is 15.9. The Balaban J connectivity index is 1.07. The molecule has 0 atom stereocenters. The van der Waals surface area contributed by atoms with Crippen molar-refractivity contribution in [3.8, 4) is 39.3 Å². The molecule has 0 spiro atoms. The summed E-state index contributed by atoms with van der Waals surface area (Å²) < 4.78 is 2.31. The van der Waals surface area contributed by atoms with Crippen LogP contribution in [0.3, 0.4) is 0 Å². The molecule has 0 N–H and O–H groups in total. The molecule has 65 heavy (non-hydrogen) atoms. The van der Waals surface area contributed by atoms with E-state index in [1.807, 2.05) is 0 Å². The summed E-state index contributed by atoms with van der Waals surface area (Å²) in [5.74, 6) is 0.941. The van der Waals surface area contributed by atoms with Gasteiger partial charge in [0.1, 0.15) is 5.82 Å². The zero-order chi connectivity index (χ0) is 43.3. The summed E-state index contributed by atoms with van der Waals surface area (Å²) in [5.41, 5.74) is 10.2. The van der Waals surface area contributed by atoms with Crippen molar-refractivity contribution < 1.29 is 0 Å². The Morgan fingerprint density at radius 3 is 1.55 bits per heavy atom. The van der Waals surface area contributed by atoms with E-state index in [4.69, 9.17) is 4.98 Å². The highest BCUT2D eigenvalue weighted by Crippen LogP contribution is 2.39. The fourth-order valence-corrected chi connectivity index (χ4v) is 16.0. The van der Waals surface area contributed by atoms with Crippen LogP contribution in [0.5, 0.6) is 0 Å². The number of rotatable bonds is 8. The van der Waals surface area contributed by atoms with Gasteiger partial charge in [0.2, 0.25) is 0 Å². The van der Waals surface area contributed by atoms with Gasteiger partial charge in [-0.15, -0.1) is 0 Å². The Hall–Kier alpha value is -8.11. The summed E-state index contributed by atoms with van der Waals surface area (Å²) in [6.07, 6.45) is 0. The van der Waals surface area contributed by atoms with Crippen molar-refractivity contribution in [3.05, 3.63) is 254 Å². The first kappa shape index (κ1) is 38.6.